The lowest BCUT2D eigenvalue weighted by molar-refractivity contribution is -0.140. The summed E-state index contributed by atoms with van der Waals surface area (Å²) >= 11 is 1.27. The van der Waals surface area contributed by atoms with Crippen LogP contribution < -0.4 is 24.8 Å². The molecule has 0 aliphatic heterocycles. The lowest BCUT2D eigenvalue weighted by Crippen LogP contribution is -2.51. The third-order valence-electron chi connectivity index (χ3n) is 4.85. The van der Waals surface area contributed by atoms with Crippen molar-refractivity contribution >= 4 is 29.1 Å². The molecule has 0 fully saturated rings. The lowest BCUT2D eigenvalue weighted by atomic mass is 10.00. The Morgan fingerprint density at radius 1 is 1.11 bits per heavy atom. The van der Waals surface area contributed by atoms with Crippen molar-refractivity contribution in [1.29, 1.82) is 0 Å². The number of ether oxygens (including phenoxy) is 3. The number of rotatable bonds is 11. The van der Waals surface area contributed by atoms with Crippen LogP contribution in [0.4, 0.5) is 0 Å². The molecule has 1 aromatic carbocycles. The van der Waals surface area contributed by atoms with Crippen molar-refractivity contribution < 1.29 is 28.6 Å². The molecule has 190 valence electrons. The molecule has 1 heterocycles. The standard InChI is InChI=1S/C25H33N3O6S/c1-8-11-28(20(29)15-26-23(30)19-10-9-12-35-19)21(24(31)27-25(2,3)4)16-13-17(32-5)22(34-7)18(14-16)33-6/h8-10,12-14,21H,1,11,15H2,2-7H3,(H,26,30)(H,27,31)/t21-/m1/s1. The Bertz CT molecular complexity index is 1020. The number of carbonyl (C=O) groups is 3. The molecule has 0 saturated carbocycles. The second kappa shape index (κ2) is 12.3. The van der Waals surface area contributed by atoms with Crippen molar-refractivity contribution in [3.05, 3.63) is 52.7 Å². The highest BCUT2D eigenvalue weighted by molar-refractivity contribution is 7.12. The summed E-state index contributed by atoms with van der Waals surface area (Å²) in [6, 6.07) is 5.61. The molecule has 2 rings (SSSR count). The van der Waals surface area contributed by atoms with E-state index >= 15 is 0 Å². The fraction of sp³-hybridized carbons (Fsp3) is 0.400. The zero-order valence-corrected chi connectivity index (χ0v) is 21.8. The van der Waals surface area contributed by atoms with Gasteiger partial charge in [-0.15, -0.1) is 17.9 Å². The topological polar surface area (TPSA) is 106 Å². The van der Waals surface area contributed by atoms with Crippen molar-refractivity contribution in [2.75, 3.05) is 34.4 Å². The van der Waals surface area contributed by atoms with Gasteiger partial charge >= 0.3 is 0 Å². The van der Waals surface area contributed by atoms with Gasteiger partial charge in [-0.2, -0.15) is 0 Å². The molecule has 2 N–H and O–H groups in total. The monoisotopic (exact) mass is 503 g/mol. The van der Waals surface area contributed by atoms with Gasteiger partial charge in [-0.3, -0.25) is 14.4 Å². The van der Waals surface area contributed by atoms with Crippen molar-refractivity contribution in [2.45, 2.75) is 32.4 Å². The zero-order chi connectivity index (χ0) is 26.2. The van der Waals surface area contributed by atoms with Crippen LogP contribution in [0.25, 0.3) is 0 Å². The first-order valence-electron chi connectivity index (χ1n) is 10.9. The zero-order valence-electron chi connectivity index (χ0n) is 21.0. The second-order valence-electron chi connectivity index (χ2n) is 8.60. The maximum Gasteiger partial charge on any atom is 0.261 e. The number of methoxy groups -OCH3 is 3. The molecular weight excluding hydrogens is 470 g/mol. The van der Waals surface area contributed by atoms with Crippen molar-refractivity contribution in [3.63, 3.8) is 0 Å². The fourth-order valence-electron chi connectivity index (χ4n) is 3.41. The molecule has 2 aromatic rings. The summed E-state index contributed by atoms with van der Waals surface area (Å²) in [6.45, 7) is 9.04. The highest BCUT2D eigenvalue weighted by Crippen LogP contribution is 2.41. The first kappa shape index (κ1) is 27.7. The van der Waals surface area contributed by atoms with Gasteiger partial charge in [0.05, 0.1) is 32.8 Å². The van der Waals surface area contributed by atoms with E-state index in [1.54, 1.807) is 29.6 Å². The van der Waals surface area contributed by atoms with E-state index in [2.05, 4.69) is 17.2 Å². The minimum absolute atomic E-state index is 0.0621. The van der Waals surface area contributed by atoms with E-state index in [9.17, 15) is 14.4 Å². The normalized spacial score (nSPS) is 11.7. The summed E-state index contributed by atoms with van der Waals surface area (Å²) in [6.07, 6.45) is 1.52. The Labute approximate surface area is 210 Å². The summed E-state index contributed by atoms with van der Waals surface area (Å²) in [4.78, 5) is 41.1. The maximum atomic E-state index is 13.5. The number of amides is 3. The highest BCUT2D eigenvalue weighted by atomic mass is 32.1. The Morgan fingerprint density at radius 3 is 2.20 bits per heavy atom. The summed E-state index contributed by atoms with van der Waals surface area (Å²) in [5.74, 6) is -0.196. The molecule has 0 saturated heterocycles. The molecule has 1 atom stereocenters. The Morgan fingerprint density at radius 2 is 1.74 bits per heavy atom. The second-order valence-corrected chi connectivity index (χ2v) is 9.54. The summed E-state index contributed by atoms with van der Waals surface area (Å²) in [5, 5.41) is 7.34. The third-order valence-corrected chi connectivity index (χ3v) is 5.72. The first-order chi connectivity index (χ1) is 16.6. The van der Waals surface area contributed by atoms with E-state index in [0.29, 0.717) is 27.7 Å². The van der Waals surface area contributed by atoms with Crippen LogP contribution in [-0.4, -0.2) is 62.6 Å². The number of nitrogens with zero attached hydrogens (tertiary/aromatic N) is 1. The van der Waals surface area contributed by atoms with E-state index in [0.717, 1.165) is 0 Å². The Kier molecular flexibility index (Phi) is 9.70. The average molecular weight is 504 g/mol. The van der Waals surface area contributed by atoms with Gasteiger partial charge in [-0.25, -0.2) is 0 Å². The van der Waals surface area contributed by atoms with Crippen LogP contribution in [0.2, 0.25) is 0 Å². The predicted octanol–water partition coefficient (Wildman–Crippen LogP) is 3.17. The molecule has 0 aliphatic rings. The van der Waals surface area contributed by atoms with Crippen molar-refractivity contribution in [1.82, 2.24) is 15.5 Å². The molecule has 0 spiro atoms. The van der Waals surface area contributed by atoms with Gasteiger partial charge in [-0.1, -0.05) is 12.1 Å². The van der Waals surface area contributed by atoms with Gasteiger partial charge in [0.15, 0.2) is 11.5 Å². The average Bonchev–Trinajstić information content (AvgIpc) is 3.35. The number of thiophene rings is 1. The molecule has 0 radical (unpaired) electrons. The van der Waals surface area contributed by atoms with E-state index in [4.69, 9.17) is 14.2 Å². The molecule has 9 nitrogen and oxygen atoms in total. The Hall–Kier alpha value is -3.53. The van der Waals surface area contributed by atoms with Crippen molar-refractivity contribution in [3.8, 4) is 17.2 Å². The lowest BCUT2D eigenvalue weighted by Gasteiger charge is -2.33. The summed E-state index contributed by atoms with van der Waals surface area (Å²) < 4.78 is 16.3. The molecule has 3 amide bonds. The van der Waals surface area contributed by atoms with Crippen LogP contribution in [0.3, 0.4) is 0 Å². The quantitative estimate of drug-likeness (QED) is 0.456. The molecule has 35 heavy (non-hydrogen) atoms. The molecule has 1 aromatic heterocycles. The third kappa shape index (κ3) is 7.22. The van der Waals surface area contributed by atoms with Gasteiger partial charge in [-0.05, 0) is 49.9 Å². The van der Waals surface area contributed by atoms with Crippen LogP contribution in [0.5, 0.6) is 17.2 Å². The number of benzene rings is 1. The van der Waals surface area contributed by atoms with Gasteiger partial charge < -0.3 is 29.7 Å². The fourth-order valence-corrected chi connectivity index (χ4v) is 4.05. The van der Waals surface area contributed by atoms with Gasteiger partial charge in [0.2, 0.25) is 17.6 Å². The Balaban J connectivity index is 2.50. The number of hydrogen-bond donors (Lipinski definition) is 2. The van der Waals surface area contributed by atoms with E-state index < -0.39 is 23.4 Å². The first-order valence-corrected chi connectivity index (χ1v) is 11.8. The van der Waals surface area contributed by atoms with E-state index in [1.807, 2.05) is 20.8 Å². The SMILES string of the molecule is C=CCN(C(=O)CNC(=O)c1cccs1)[C@@H](C(=O)NC(C)(C)C)c1cc(OC)c(OC)c(OC)c1. The van der Waals surface area contributed by atoms with Crippen LogP contribution in [0.15, 0.2) is 42.3 Å². The molecule has 0 unspecified atom stereocenters. The van der Waals surface area contributed by atoms with Gasteiger partial charge in [0.25, 0.3) is 5.91 Å². The van der Waals surface area contributed by atoms with Crippen LogP contribution >= 0.6 is 11.3 Å². The molecular formula is C25H33N3O6S. The van der Waals surface area contributed by atoms with E-state index in [1.165, 1.54) is 43.6 Å². The van der Waals surface area contributed by atoms with Gasteiger partial charge in [0.1, 0.15) is 6.04 Å². The molecule has 10 heteroatoms. The van der Waals surface area contributed by atoms with Crippen LogP contribution in [0.1, 0.15) is 42.0 Å². The highest BCUT2D eigenvalue weighted by Gasteiger charge is 2.34. The maximum absolute atomic E-state index is 13.5. The van der Waals surface area contributed by atoms with Crippen LogP contribution in [-0.2, 0) is 9.59 Å². The number of hydrogen-bond acceptors (Lipinski definition) is 7. The minimum Gasteiger partial charge on any atom is -0.493 e. The predicted molar refractivity (Wildman–Crippen MR) is 135 cm³/mol. The van der Waals surface area contributed by atoms with Gasteiger partial charge in [0, 0.05) is 12.1 Å². The number of nitrogens with one attached hydrogen (secondary N) is 2. The summed E-state index contributed by atoms with van der Waals surface area (Å²) in [7, 11) is 4.42. The smallest absolute Gasteiger partial charge is 0.261 e. The van der Waals surface area contributed by atoms with Crippen LogP contribution in [0, 0.1) is 0 Å². The molecule has 0 bridgehead atoms. The molecule has 0 aliphatic carbocycles. The summed E-state index contributed by atoms with van der Waals surface area (Å²) in [5.41, 5.74) is -0.118. The number of carbonyl (C=O) groups excluding carboxylic acids is 3. The van der Waals surface area contributed by atoms with Crippen molar-refractivity contribution in [2.24, 2.45) is 0 Å². The van der Waals surface area contributed by atoms with E-state index in [-0.39, 0.29) is 19.0 Å². The minimum atomic E-state index is -1.06. The largest absolute Gasteiger partial charge is 0.493 e.